The van der Waals surface area contributed by atoms with Gasteiger partial charge in [0.05, 0.1) is 0 Å². The molecule has 2 aromatic carbocycles. The molecule has 0 bridgehead atoms. The van der Waals surface area contributed by atoms with Crippen LogP contribution >= 0.6 is 23.2 Å². The van der Waals surface area contributed by atoms with Crippen LogP contribution in [-0.4, -0.2) is 0 Å². The minimum atomic E-state index is -0.349. The van der Waals surface area contributed by atoms with Crippen molar-refractivity contribution >= 4 is 28.9 Å². The highest BCUT2D eigenvalue weighted by Crippen LogP contribution is 2.20. The Labute approximate surface area is 116 Å². The first-order chi connectivity index (χ1) is 8.54. The van der Waals surface area contributed by atoms with E-state index in [0.717, 1.165) is 11.1 Å². The van der Waals surface area contributed by atoms with E-state index in [1.807, 2.05) is 25.1 Å². The topological polar surface area (TPSA) is 12.0 Å². The Morgan fingerprint density at radius 3 is 2.50 bits per heavy atom. The molecule has 0 unspecified atom stereocenters. The van der Waals surface area contributed by atoms with E-state index < -0.39 is 0 Å². The quantitative estimate of drug-likeness (QED) is 0.831. The summed E-state index contributed by atoms with van der Waals surface area (Å²) in [4.78, 5) is 0. The molecule has 0 amide bonds. The Morgan fingerprint density at radius 1 is 1.06 bits per heavy atom. The van der Waals surface area contributed by atoms with Crippen molar-refractivity contribution in [2.45, 2.75) is 13.5 Å². The lowest BCUT2D eigenvalue weighted by atomic mass is 10.1. The zero-order valence-corrected chi connectivity index (χ0v) is 11.3. The summed E-state index contributed by atoms with van der Waals surface area (Å²) in [6.07, 6.45) is 0. The van der Waals surface area contributed by atoms with Crippen molar-refractivity contribution in [1.82, 2.24) is 0 Å². The lowest BCUT2D eigenvalue weighted by molar-refractivity contribution is 0.628. The van der Waals surface area contributed by atoms with Crippen LogP contribution in [0.2, 0.25) is 10.0 Å². The van der Waals surface area contributed by atoms with E-state index in [0.29, 0.717) is 22.3 Å². The molecule has 0 atom stereocenters. The number of hydrogen-bond donors (Lipinski definition) is 1. The second kappa shape index (κ2) is 5.59. The van der Waals surface area contributed by atoms with Gasteiger partial charge in [0.1, 0.15) is 5.82 Å². The van der Waals surface area contributed by atoms with Crippen LogP contribution in [-0.2, 0) is 6.54 Å². The van der Waals surface area contributed by atoms with Gasteiger partial charge >= 0.3 is 0 Å². The number of nitrogens with one attached hydrogen (secondary N) is 1. The minimum absolute atomic E-state index is 0.349. The summed E-state index contributed by atoms with van der Waals surface area (Å²) in [5.74, 6) is -0.349. The molecule has 2 rings (SSSR count). The van der Waals surface area contributed by atoms with Gasteiger partial charge in [-0.15, -0.1) is 0 Å². The van der Waals surface area contributed by atoms with Crippen molar-refractivity contribution in [2.75, 3.05) is 5.32 Å². The summed E-state index contributed by atoms with van der Waals surface area (Å²) in [5.41, 5.74) is 2.87. The molecule has 0 heterocycles. The first-order valence-corrected chi connectivity index (χ1v) is 6.25. The number of rotatable bonds is 3. The Balaban J connectivity index is 2.11. The smallest absolute Gasteiger partial charge is 0.126 e. The number of hydrogen-bond acceptors (Lipinski definition) is 1. The average molecular weight is 284 g/mol. The Kier molecular flexibility index (Phi) is 4.10. The van der Waals surface area contributed by atoms with Crippen molar-refractivity contribution in [1.29, 1.82) is 0 Å². The Hall–Kier alpha value is -1.25. The van der Waals surface area contributed by atoms with Crippen molar-refractivity contribution in [3.05, 3.63) is 63.4 Å². The highest BCUT2D eigenvalue weighted by molar-refractivity contribution is 6.31. The monoisotopic (exact) mass is 283 g/mol. The lowest BCUT2D eigenvalue weighted by Gasteiger charge is -2.10. The number of halogens is 3. The van der Waals surface area contributed by atoms with E-state index in [1.54, 1.807) is 6.07 Å². The maximum absolute atomic E-state index is 13.1. The predicted molar refractivity (Wildman–Crippen MR) is 74.9 cm³/mol. The zero-order valence-electron chi connectivity index (χ0n) is 9.81. The van der Waals surface area contributed by atoms with E-state index in [-0.39, 0.29) is 5.82 Å². The molecule has 1 nitrogen and oxygen atoms in total. The SMILES string of the molecule is Cc1cc(Cl)ccc1CNc1cc(F)cc(Cl)c1. The molecule has 0 aromatic heterocycles. The van der Waals surface area contributed by atoms with Crippen LogP contribution in [0, 0.1) is 12.7 Å². The van der Waals surface area contributed by atoms with E-state index in [1.165, 1.54) is 12.1 Å². The van der Waals surface area contributed by atoms with Gasteiger partial charge in [-0.25, -0.2) is 4.39 Å². The van der Waals surface area contributed by atoms with Gasteiger partial charge in [0.15, 0.2) is 0 Å². The molecule has 0 aliphatic rings. The normalized spacial score (nSPS) is 10.4. The molecule has 0 aliphatic heterocycles. The van der Waals surface area contributed by atoms with Gasteiger partial charge in [-0.1, -0.05) is 29.3 Å². The molecule has 0 saturated heterocycles. The van der Waals surface area contributed by atoms with Gasteiger partial charge in [-0.3, -0.25) is 0 Å². The molecule has 0 fully saturated rings. The fraction of sp³-hybridized carbons (Fsp3) is 0.143. The molecule has 1 N–H and O–H groups in total. The van der Waals surface area contributed by atoms with Crippen molar-refractivity contribution in [3.63, 3.8) is 0 Å². The van der Waals surface area contributed by atoms with Crippen LogP contribution in [0.5, 0.6) is 0 Å². The number of benzene rings is 2. The van der Waals surface area contributed by atoms with Gasteiger partial charge < -0.3 is 5.32 Å². The number of aryl methyl sites for hydroxylation is 1. The van der Waals surface area contributed by atoms with Gasteiger partial charge in [0, 0.05) is 22.3 Å². The van der Waals surface area contributed by atoms with Crippen LogP contribution in [0.1, 0.15) is 11.1 Å². The second-order valence-electron chi connectivity index (χ2n) is 4.08. The summed E-state index contributed by atoms with van der Waals surface area (Å²) in [6, 6.07) is 10.1. The van der Waals surface area contributed by atoms with Gasteiger partial charge in [-0.05, 0) is 48.4 Å². The fourth-order valence-corrected chi connectivity index (χ4v) is 2.16. The molecule has 2 aromatic rings. The maximum Gasteiger partial charge on any atom is 0.126 e. The highest BCUT2D eigenvalue weighted by Gasteiger charge is 2.02. The molecule has 0 radical (unpaired) electrons. The highest BCUT2D eigenvalue weighted by atomic mass is 35.5. The molecular weight excluding hydrogens is 272 g/mol. The molecule has 94 valence electrons. The van der Waals surface area contributed by atoms with Gasteiger partial charge in [0.2, 0.25) is 0 Å². The molecule has 0 aliphatic carbocycles. The van der Waals surface area contributed by atoms with E-state index in [9.17, 15) is 4.39 Å². The third-order valence-corrected chi connectivity index (χ3v) is 3.10. The van der Waals surface area contributed by atoms with Crippen LogP contribution < -0.4 is 5.32 Å². The summed E-state index contributed by atoms with van der Waals surface area (Å²) in [7, 11) is 0. The Bertz CT molecular complexity index is 549. The average Bonchev–Trinajstić information content (AvgIpc) is 2.26. The molecule has 0 saturated carbocycles. The second-order valence-corrected chi connectivity index (χ2v) is 4.96. The van der Waals surface area contributed by atoms with Crippen LogP contribution in [0.15, 0.2) is 36.4 Å². The van der Waals surface area contributed by atoms with Crippen LogP contribution in [0.4, 0.5) is 10.1 Å². The molecule has 18 heavy (non-hydrogen) atoms. The third-order valence-electron chi connectivity index (χ3n) is 2.65. The van der Waals surface area contributed by atoms with Crippen molar-refractivity contribution < 1.29 is 4.39 Å². The summed E-state index contributed by atoms with van der Waals surface area (Å²) in [5, 5.41) is 4.23. The standard InChI is InChI=1S/C14H12Cl2FN/c1-9-4-11(15)3-2-10(9)8-18-14-6-12(16)5-13(17)7-14/h2-7,18H,8H2,1H3. The summed E-state index contributed by atoms with van der Waals surface area (Å²) >= 11 is 11.7. The summed E-state index contributed by atoms with van der Waals surface area (Å²) in [6.45, 7) is 2.59. The number of anilines is 1. The minimum Gasteiger partial charge on any atom is -0.381 e. The molecule has 0 spiro atoms. The first kappa shape index (κ1) is 13.2. The first-order valence-electron chi connectivity index (χ1n) is 5.49. The van der Waals surface area contributed by atoms with E-state index in [2.05, 4.69) is 5.32 Å². The van der Waals surface area contributed by atoms with Crippen LogP contribution in [0.3, 0.4) is 0 Å². The van der Waals surface area contributed by atoms with Crippen LogP contribution in [0.25, 0.3) is 0 Å². The lowest BCUT2D eigenvalue weighted by Crippen LogP contribution is -2.01. The van der Waals surface area contributed by atoms with Gasteiger partial charge in [-0.2, -0.15) is 0 Å². The maximum atomic E-state index is 13.1. The molecular formula is C14H12Cl2FN. The fourth-order valence-electron chi connectivity index (χ4n) is 1.71. The van der Waals surface area contributed by atoms with Gasteiger partial charge in [0.25, 0.3) is 0 Å². The summed E-state index contributed by atoms with van der Waals surface area (Å²) < 4.78 is 13.1. The largest absolute Gasteiger partial charge is 0.381 e. The van der Waals surface area contributed by atoms with E-state index >= 15 is 0 Å². The van der Waals surface area contributed by atoms with Crippen molar-refractivity contribution in [2.24, 2.45) is 0 Å². The predicted octanol–water partition coefficient (Wildman–Crippen LogP) is 5.05. The third kappa shape index (κ3) is 3.37. The zero-order chi connectivity index (χ0) is 13.1. The Morgan fingerprint density at radius 2 is 1.83 bits per heavy atom. The van der Waals surface area contributed by atoms with E-state index in [4.69, 9.17) is 23.2 Å². The van der Waals surface area contributed by atoms with Crippen molar-refractivity contribution in [3.8, 4) is 0 Å². The molecule has 4 heteroatoms.